The summed E-state index contributed by atoms with van der Waals surface area (Å²) in [7, 11) is 0. The van der Waals surface area contributed by atoms with Crippen molar-refractivity contribution in [2.24, 2.45) is 0 Å². The van der Waals surface area contributed by atoms with E-state index in [0.717, 1.165) is 24.8 Å². The van der Waals surface area contributed by atoms with Crippen molar-refractivity contribution in [3.63, 3.8) is 0 Å². The van der Waals surface area contributed by atoms with E-state index in [1.165, 1.54) is 4.90 Å². The van der Waals surface area contributed by atoms with Crippen molar-refractivity contribution in [3.8, 4) is 0 Å². The highest BCUT2D eigenvalue weighted by molar-refractivity contribution is 5.93. The highest BCUT2D eigenvalue weighted by Crippen LogP contribution is 2.24. The molecule has 0 bridgehead atoms. The van der Waals surface area contributed by atoms with Gasteiger partial charge in [-0.1, -0.05) is 86.8 Å². The lowest BCUT2D eigenvalue weighted by Crippen LogP contribution is -2.54. The molecular weight excluding hydrogens is 558 g/mol. The molecule has 0 aliphatic heterocycles. The monoisotopic (exact) mass is 609 g/mol. The van der Waals surface area contributed by atoms with Gasteiger partial charge in [-0.2, -0.15) is 0 Å². The SMILES string of the molecule is CCCCCCN(C(=O)C(C)NC(=O)OC(C)(C)C)C(C(=O)NC(Cc1ccccc1)C(=O)OC(C)(C)C)c1ccccc1. The number of benzene rings is 2. The van der Waals surface area contributed by atoms with Gasteiger partial charge in [-0.3, -0.25) is 9.59 Å². The number of carbonyl (C=O) groups excluding carboxylic acids is 4. The maximum atomic E-state index is 14.3. The van der Waals surface area contributed by atoms with Gasteiger partial charge in [0.15, 0.2) is 0 Å². The Bertz CT molecular complexity index is 1200. The minimum absolute atomic E-state index is 0.212. The minimum atomic E-state index is -1.06. The molecule has 2 aromatic carbocycles. The fourth-order valence-electron chi connectivity index (χ4n) is 4.65. The van der Waals surface area contributed by atoms with Crippen molar-refractivity contribution in [2.45, 2.75) is 117 Å². The van der Waals surface area contributed by atoms with Gasteiger partial charge >= 0.3 is 12.1 Å². The molecular formula is C35H51N3O6. The third kappa shape index (κ3) is 12.8. The first-order valence-electron chi connectivity index (χ1n) is 15.5. The van der Waals surface area contributed by atoms with E-state index in [-0.39, 0.29) is 13.0 Å². The average molecular weight is 610 g/mol. The van der Waals surface area contributed by atoms with E-state index >= 15 is 0 Å². The summed E-state index contributed by atoms with van der Waals surface area (Å²) in [5, 5.41) is 5.54. The Hall–Kier alpha value is -3.88. The molecule has 44 heavy (non-hydrogen) atoms. The summed E-state index contributed by atoms with van der Waals surface area (Å²) in [4.78, 5) is 55.7. The van der Waals surface area contributed by atoms with Crippen LogP contribution in [0.25, 0.3) is 0 Å². The van der Waals surface area contributed by atoms with Crippen LogP contribution in [-0.2, 0) is 30.3 Å². The van der Waals surface area contributed by atoms with E-state index in [4.69, 9.17) is 9.47 Å². The van der Waals surface area contributed by atoms with Gasteiger partial charge in [0.25, 0.3) is 0 Å². The second-order valence-electron chi connectivity index (χ2n) is 13.1. The van der Waals surface area contributed by atoms with Crippen LogP contribution in [0.1, 0.15) is 98.2 Å². The number of alkyl carbamates (subject to hydrolysis) is 1. The number of amides is 3. The van der Waals surface area contributed by atoms with Crippen LogP contribution in [0.4, 0.5) is 4.79 Å². The molecule has 0 aliphatic carbocycles. The predicted molar refractivity (Wildman–Crippen MR) is 172 cm³/mol. The summed E-state index contributed by atoms with van der Waals surface area (Å²) in [6.07, 6.45) is 3.00. The van der Waals surface area contributed by atoms with Crippen molar-refractivity contribution in [1.29, 1.82) is 0 Å². The van der Waals surface area contributed by atoms with Gasteiger partial charge in [0.05, 0.1) is 0 Å². The highest BCUT2D eigenvalue weighted by atomic mass is 16.6. The van der Waals surface area contributed by atoms with Gasteiger partial charge in [0, 0.05) is 13.0 Å². The Morgan fingerprint density at radius 1 is 0.773 bits per heavy atom. The quantitative estimate of drug-likeness (QED) is 0.197. The molecule has 0 saturated carbocycles. The second-order valence-corrected chi connectivity index (χ2v) is 13.1. The molecule has 3 unspecified atom stereocenters. The number of carbonyl (C=O) groups is 4. The summed E-state index contributed by atoms with van der Waals surface area (Å²) < 4.78 is 11.1. The van der Waals surface area contributed by atoms with Gasteiger partial charge in [-0.05, 0) is 66.0 Å². The number of hydrogen-bond acceptors (Lipinski definition) is 6. The molecule has 0 spiro atoms. The van der Waals surface area contributed by atoms with Gasteiger partial charge in [-0.25, -0.2) is 9.59 Å². The Morgan fingerprint density at radius 3 is 1.89 bits per heavy atom. The summed E-state index contributed by atoms with van der Waals surface area (Å²) in [5.74, 6) is -1.52. The molecule has 3 atom stereocenters. The van der Waals surface area contributed by atoms with Crippen LogP contribution < -0.4 is 10.6 Å². The molecule has 3 amide bonds. The van der Waals surface area contributed by atoms with Crippen molar-refractivity contribution in [2.75, 3.05) is 6.54 Å². The van der Waals surface area contributed by atoms with Gasteiger partial charge in [-0.15, -0.1) is 0 Å². The molecule has 0 aromatic heterocycles. The number of esters is 1. The van der Waals surface area contributed by atoms with Crippen LogP contribution >= 0.6 is 0 Å². The molecule has 0 saturated heterocycles. The first kappa shape index (κ1) is 36.3. The lowest BCUT2D eigenvalue weighted by atomic mass is 10.0. The van der Waals surface area contributed by atoms with Crippen LogP contribution in [0, 0.1) is 0 Å². The average Bonchev–Trinajstić information content (AvgIpc) is 2.93. The number of nitrogens with zero attached hydrogens (tertiary/aromatic N) is 1. The van der Waals surface area contributed by atoms with Crippen molar-refractivity contribution in [3.05, 3.63) is 71.8 Å². The molecule has 2 rings (SSSR count). The van der Waals surface area contributed by atoms with Crippen molar-refractivity contribution in [1.82, 2.24) is 15.5 Å². The Kier molecular flexibility index (Phi) is 13.9. The van der Waals surface area contributed by atoms with E-state index in [9.17, 15) is 19.2 Å². The lowest BCUT2D eigenvalue weighted by Gasteiger charge is -2.34. The fraction of sp³-hybridized carbons (Fsp3) is 0.543. The number of ether oxygens (including phenoxy) is 2. The van der Waals surface area contributed by atoms with E-state index in [1.807, 2.05) is 36.4 Å². The zero-order valence-electron chi connectivity index (χ0n) is 27.6. The molecule has 2 N–H and O–H groups in total. The Balaban J connectivity index is 2.48. The summed E-state index contributed by atoms with van der Waals surface area (Å²) >= 11 is 0. The predicted octanol–water partition coefficient (Wildman–Crippen LogP) is 6.12. The molecule has 0 radical (unpaired) electrons. The maximum absolute atomic E-state index is 14.3. The number of nitrogens with one attached hydrogen (secondary N) is 2. The Labute approximate surface area is 263 Å². The van der Waals surface area contributed by atoms with Crippen LogP contribution in [-0.4, -0.2) is 58.6 Å². The highest BCUT2D eigenvalue weighted by Gasteiger charge is 2.37. The minimum Gasteiger partial charge on any atom is -0.458 e. The molecule has 0 fully saturated rings. The smallest absolute Gasteiger partial charge is 0.408 e. The third-order valence-electron chi connectivity index (χ3n) is 6.61. The van der Waals surface area contributed by atoms with Crippen LogP contribution in [0.5, 0.6) is 0 Å². The van der Waals surface area contributed by atoms with Gasteiger partial charge < -0.3 is 25.0 Å². The van der Waals surface area contributed by atoms with E-state index < -0.39 is 53.2 Å². The van der Waals surface area contributed by atoms with Gasteiger partial charge in [0.2, 0.25) is 11.8 Å². The molecule has 9 heteroatoms. The normalized spacial score (nSPS) is 13.6. The van der Waals surface area contributed by atoms with Crippen molar-refractivity contribution >= 4 is 23.9 Å². The molecule has 9 nitrogen and oxygen atoms in total. The number of hydrogen-bond donors (Lipinski definition) is 2. The van der Waals surface area contributed by atoms with E-state index in [0.29, 0.717) is 12.0 Å². The van der Waals surface area contributed by atoms with Crippen LogP contribution in [0.15, 0.2) is 60.7 Å². The number of unbranched alkanes of at least 4 members (excludes halogenated alkanes) is 3. The summed E-state index contributed by atoms with van der Waals surface area (Å²) in [6, 6.07) is 15.3. The molecule has 0 aliphatic rings. The first-order chi connectivity index (χ1) is 20.6. The molecule has 242 valence electrons. The maximum Gasteiger partial charge on any atom is 0.408 e. The van der Waals surface area contributed by atoms with E-state index in [1.54, 1.807) is 72.7 Å². The zero-order chi connectivity index (χ0) is 32.9. The topological polar surface area (TPSA) is 114 Å². The zero-order valence-corrected chi connectivity index (χ0v) is 27.6. The lowest BCUT2D eigenvalue weighted by molar-refractivity contribution is -0.159. The van der Waals surface area contributed by atoms with Crippen molar-refractivity contribution < 1.29 is 28.7 Å². The van der Waals surface area contributed by atoms with Gasteiger partial charge in [0.1, 0.15) is 29.3 Å². The first-order valence-corrected chi connectivity index (χ1v) is 15.5. The number of rotatable bonds is 14. The summed E-state index contributed by atoms with van der Waals surface area (Å²) in [6.45, 7) is 14.5. The summed E-state index contributed by atoms with van der Waals surface area (Å²) in [5.41, 5.74) is -0.0719. The standard InChI is InChI=1S/C35H51N3O6/c1-9-10-11-18-23-38(31(40)25(2)36-33(42)44-35(6,7)8)29(27-21-16-13-17-22-27)30(39)37-28(32(41)43-34(3,4)5)24-26-19-14-12-15-20-26/h12-17,19-22,25,28-29H,9-11,18,23-24H2,1-8H3,(H,36,42)(H,37,39). The largest absolute Gasteiger partial charge is 0.458 e. The Morgan fingerprint density at radius 2 is 1.34 bits per heavy atom. The molecule has 0 heterocycles. The van der Waals surface area contributed by atoms with Crippen LogP contribution in [0.2, 0.25) is 0 Å². The van der Waals surface area contributed by atoms with E-state index in [2.05, 4.69) is 17.6 Å². The molecule has 2 aromatic rings. The fourth-order valence-corrected chi connectivity index (χ4v) is 4.65. The van der Waals surface area contributed by atoms with Crippen LogP contribution in [0.3, 0.4) is 0 Å². The third-order valence-corrected chi connectivity index (χ3v) is 6.61. The second kappa shape index (κ2) is 16.8.